The molecule has 5 rings (SSSR count). The van der Waals surface area contributed by atoms with Crippen LogP contribution >= 0.6 is 11.6 Å². The maximum Gasteiger partial charge on any atom is 0.295 e. The third-order valence-corrected chi connectivity index (χ3v) is 6.06. The molecule has 1 fully saturated rings. The number of amides is 1. The molecule has 3 unspecified atom stereocenters. The number of Topliss-reactive ketones (excluding diaryl/α,β-unsaturated/α-hetero) is 1. The summed E-state index contributed by atoms with van der Waals surface area (Å²) in [4.78, 5) is 28.2. The van der Waals surface area contributed by atoms with Gasteiger partial charge in [-0.2, -0.15) is 0 Å². The quantitative estimate of drug-likeness (QED) is 0.760. The van der Waals surface area contributed by atoms with Crippen LogP contribution in [-0.4, -0.2) is 23.0 Å². The van der Waals surface area contributed by atoms with Crippen molar-refractivity contribution in [1.29, 1.82) is 0 Å². The Morgan fingerprint density at radius 1 is 1.14 bits per heavy atom. The summed E-state index contributed by atoms with van der Waals surface area (Å²) < 4.78 is 11.3. The highest BCUT2D eigenvalue weighted by Gasteiger charge is 2.53. The van der Waals surface area contributed by atoms with Crippen molar-refractivity contribution in [2.24, 2.45) is 5.92 Å². The number of carbonyl (C=O) groups is 2. The van der Waals surface area contributed by atoms with Gasteiger partial charge in [0.25, 0.3) is 5.91 Å². The molecule has 2 aromatic rings. The number of aryl methyl sites for hydroxylation is 1. The minimum absolute atomic E-state index is 0.0157. The van der Waals surface area contributed by atoms with Crippen molar-refractivity contribution in [1.82, 2.24) is 5.16 Å². The predicted octanol–water partition coefficient (Wildman–Crippen LogP) is 4.14. The fourth-order valence-electron chi connectivity index (χ4n) is 4.51. The number of anilines is 1. The number of nitrogens with zero attached hydrogens (tertiary/aromatic N) is 2. The lowest BCUT2D eigenvalue weighted by Gasteiger charge is -2.35. The maximum atomic E-state index is 13.4. The van der Waals surface area contributed by atoms with Gasteiger partial charge in [-0.05, 0) is 43.9 Å². The number of fused-ring (bicyclic) bond motifs is 1. The number of carbonyl (C=O) groups excluding carboxylic acids is 2. The van der Waals surface area contributed by atoms with Crippen molar-refractivity contribution in [2.45, 2.75) is 44.8 Å². The smallest absolute Gasteiger partial charge is 0.295 e. The highest BCUT2D eigenvalue weighted by molar-refractivity contribution is 6.30. The van der Waals surface area contributed by atoms with Gasteiger partial charge in [0.15, 0.2) is 17.4 Å². The number of benzene rings is 1. The second-order valence-corrected chi connectivity index (χ2v) is 8.02. The Kier molecular flexibility index (Phi) is 4.05. The third kappa shape index (κ3) is 2.58. The molecule has 1 aromatic heterocycles. The zero-order valence-electron chi connectivity index (χ0n) is 15.4. The fraction of sp³-hybridized carbons (Fsp3) is 0.381. The molecular weight excluding hydrogens is 380 g/mol. The molecule has 1 aromatic carbocycles. The van der Waals surface area contributed by atoms with Gasteiger partial charge in [-0.15, -0.1) is 0 Å². The minimum atomic E-state index is -0.598. The summed E-state index contributed by atoms with van der Waals surface area (Å²) in [6.07, 6.45) is 3.40. The number of rotatable bonds is 2. The molecule has 1 amide bonds. The first-order chi connectivity index (χ1) is 13.5. The number of hydrogen-bond donors (Lipinski definition) is 0. The summed E-state index contributed by atoms with van der Waals surface area (Å²) in [5, 5.41) is 4.61. The lowest BCUT2D eigenvalue weighted by Crippen LogP contribution is -2.39. The van der Waals surface area contributed by atoms with Crippen molar-refractivity contribution in [3.8, 4) is 0 Å². The van der Waals surface area contributed by atoms with Gasteiger partial charge in [-0.1, -0.05) is 35.3 Å². The van der Waals surface area contributed by atoms with Gasteiger partial charge in [0.05, 0.1) is 17.5 Å². The standard InChI is InChI=1S/C21H19ClN2O4/c1-11-10-16(23-28-11)24-18(12-6-8-13(22)9-7-12)17-19(25)14-4-2-3-5-15(14)27-20(17)21(24)26/h6-10,14-15,18H,2-5H2,1H3. The molecule has 2 aliphatic heterocycles. The van der Waals surface area contributed by atoms with Gasteiger partial charge in [-0.25, -0.2) is 0 Å². The highest BCUT2D eigenvalue weighted by atomic mass is 35.5. The van der Waals surface area contributed by atoms with E-state index in [0.29, 0.717) is 22.2 Å². The molecule has 3 heterocycles. The molecule has 1 aliphatic carbocycles. The largest absolute Gasteiger partial charge is 0.483 e. The lowest BCUT2D eigenvalue weighted by molar-refractivity contribution is -0.131. The maximum absolute atomic E-state index is 13.4. The Balaban J connectivity index is 1.65. The molecular formula is C21H19ClN2O4. The average molecular weight is 399 g/mol. The Bertz CT molecular complexity index is 994. The molecule has 3 atom stereocenters. The van der Waals surface area contributed by atoms with Gasteiger partial charge in [0, 0.05) is 11.1 Å². The van der Waals surface area contributed by atoms with Crippen molar-refractivity contribution in [2.75, 3.05) is 4.90 Å². The van der Waals surface area contributed by atoms with Gasteiger partial charge < -0.3 is 9.26 Å². The van der Waals surface area contributed by atoms with E-state index in [4.69, 9.17) is 20.9 Å². The van der Waals surface area contributed by atoms with Crippen LogP contribution in [0.3, 0.4) is 0 Å². The zero-order chi connectivity index (χ0) is 19.4. The van der Waals surface area contributed by atoms with Crippen LogP contribution in [0.2, 0.25) is 5.02 Å². The SMILES string of the molecule is Cc1cc(N2C(=O)C3=C(C(=O)C4CCCCC4O3)C2c2ccc(Cl)cc2)no1. The predicted molar refractivity (Wildman–Crippen MR) is 102 cm³/mol. The van der Waals surface area contributed by atoms with Crippen LogP contribution in [0.4, 0.5) is 5.82 Å². The normalized spacial score (nSPS) is 26.9. The van der Waals surface area contributed by atoms with Crippen LogP contribution in [-0.2, 0) is 14.3 Å². The van der Waals surface area contributed by atoms with E-state index in [9.17, 15) is 9.59 Å². The van der Waals surface area contributed by atoms with Crippen molar-refractivity contribution >= 4 is 29.1 Å². The van der Waals surface area contributed by atoms with E-state index in [-0.39, 0.29) is 29.5 Å². The zero-order valence-corrected chi connectivity index (χ0v) is 16.1. The molecule has 0 N–H and O–H groups in total. The number of ether oxygens (including phenoxy) is 1. The van der Waals surface area contributed by atoms with Crippen molar-refractivity contribution in [3.05, 3.63) is 58.0 Å². The molecule has 3 aliphatic rings. The summed E-state index contributed by atoms with van der Waals surface area (Å²) in [7, 11) is 0. The van der Waals surface area contributed by atoms with Crippen LogP contribution in [0.1, 0.15) is 43.0 Å². The van der Waals surface area contributed by atoms with Crippen molar-refractivity contribution in [3.63, 3.8) is 0 Å². The topological polar surface area (TPSA) is 72.6 Å². The molecule has 28 heavy (non-hydrogen) atoms. The summed E-state index contributed by atoms with van der Waals surface area (Å²) in [6, 6.07) is 8.26. The fourth-order valence-corrected chi connectivity index (χ4v) is 4.63. The van der Waals surface area contributed by atoms with E-state index in [1.165, 1.54) is 4.90 Å². The Morgan fingerprint density at radius 2 is 1.89 bits per heavy atom. The summed E-state index contributed by atoms with van der Waals surface area (Å²) >= 11 is 6.05. The second kappa shape index (κ2) is 6.48. The molecule has 7 heteroatoms. The van der Waals surface area contributed by atoms with Gasteiger partial charge in [0.2, 0.25) is 0 Å². The first kappa shape index (κ1) is 17.5. The van der Waals surface area contributed by atoms with E-state index in [1.54, 1.807) is 25.1 Å². The Morgan fingerprint density at radius 3 is 2.61 bits per heavy atom. The molecule has 0 radical (unpaired) electrons. The Hall–Kier alpha value is -2.60. The van der Waals surface area contributed by atoms with Gasteiger partial charge in [-0.3, -0.25) is 14.5 Å². The molecule has 1 saturated carbocycles. The number of hydrogen-bond acceptors (Lipinski definition) is 5. The second-order valence-electron chi connectivity index (χ2n) is 7.58. The third-order valence-electron chi connectivity index (χ3n) is 5.81. The van der Waals surface area contributed by atoms with Crippen LogP contribution in [0.15, 0.2) is 46.2 Å². The first-order valence-corrected chi connectivity index (χ1v) is 9.90. The Labute approximate surface area is 167 Å². The minimum Gasteiger partial charge on any atom is -0.483 e. The molecule has 144 valence electrons. The van der Waals surface area contributed by atoms with E-state index >= 15 is 0 Å². The van der Waals surface area contributed by atoms with Crippen LogP contribution < -0.4 is 4.90 Å². The van der Waals surface area contributed by atoms with E-state index in [2.05, 4.69) is 5.16 Å². The monoisotopic (exact) mass is 398 g/mol. The number of ketones is 1. The highest BCUT2D eigenvalue weighted by Crippen LogP contribution is 2.48. The van der Waals surface area contributed by atoms with Crippen LogP contribution in [0.25, 0.3) is 0 Å². The molecule has 6 nitrogen and oxygen atoms in total. The molecule has 0 bridgehead atoms. The van der Waals surface area contributed by atoms with Crippen molar-refractivity contribution < 1.29 is 18.8 Å². The molecule has 0 saturated heterocycles. The van der Waals surface area contributed by atoms with Crippen LogP contribution in [0.5, 0.6) is 0 Å². The summed E-state index contributed by atoms with van der Waals surface area (Å²) in [5.41, 5.74) is 1.21. The van der Waals surface area contributed by atoms with Crippen LogP contribution in [0, 0.1) is 12.8 Å². The summed E-state index contributed by atoms with van der Waals surface area (Å²) in [6.45, 7) is 1.76. The first-order valence-electron chi connectivity index (χ1n) is 9.52. The van der Waals surface area contributed by atoms with E-state index in [1.807, 2.05) is 12.1 Å². The number of halogens is 1. The average Bonchev–Trinajstić information content (AvgIpc) is 3.24. The molecule has 0 spiro atoms. The lowest BCUT2D eigenvalue weighted by atomic mass is 9.77. The van der Waals surface area contributed by atoms with E-state index < -0.39 is 6.04 Å². The number of aromatic nitrogens is 1. The van der Waals surface area contributed by atoms with Gasteiger partial charge in [0.1, 0.15) is 11.9 Å². The summed E-state index contributed by atoms with van der Waals surface area (Å²) in [5.74, 6) is 0.602. The van der Waals surface area contributed by atoms with E-state index in [0.717, 1.165) is 31.2 Å². The van der Waals surface area contributed by atoms with Gasteiger partial charge >= 0.3 is 0 Å².